The number of carbonyl (C=O) groups is 1. The molecule has 1 aromatic carbocycles. The summed E-state index contributed by atoms with van der Waals surface area (Å²) in [6.45, 7) is 0. The summed E-state index contributed by atoms with van der Waals surface area (Å²) in [6, 6.07) is 3.36. The Kier molecular flexibility index (Phi) is 2.19. The molecule has 0 unspecified atom stereocenters. The first-order chi connectivity index (χ1) is 6.66. The van der Waals surface area contributed by atoms with Crippen LogP contribution < -0.4 is 5.32 Å². The number of amides is 1. The molecule has 4 heteroatoms. The highest BCUT2D eigenvalue weighted by Gasteiger charge is 2.24. The second-order valence-electron chi connectivity index (χ2n) is 3.38. The molecule has 1 aliphatic rings. The molecule has 0 heterocycles. The molecule has 0 spiro atoms. The minimum Gasteiger partial charge on any atom is -0.349 e. The van der Waals surface area contributed by atoms with E-state index in [-0.39, 0.29) is 17.5 Å². The van der Waals surface area contributed by atoms with Gasteiger partial charge in [-0.25, -0.2) is 8.78 Å². The summed E-state index contributed by atoms with van der Waals surface area (Å²) in [5.41, 5.74) is 0.163. The average molecular weight is 197 g/mol. The Labute approximate surface area is 79.9 Å². The normalized spacial score (nSPS) is 15.3. The van der Waals surface area contributed by atoms with Crippen LogP contribution in [0.3, 0.4) is 0 Å². The Morgan fingerprint density at radius 2 is 2.00 bits per heavy atom. The molecule has 0 saturated heterocycles. The van der Waals surface area contributed by atoms with Crippen molar-refractivity contribution in [3.05, 3.63) is 35.4 Å². The molecule has 74 valence electrons. The van der Waals surface area contributed by atoms with Gasteiger partial charge in [-0.2, -0.15) is 0 Å². The van der Waals surface area contributed by atoms with E-state index in [0.29, 0.717) is 0 Å². The molecule has 1 saturated carbocycles. The minimum absolute atomic E-state index is 0.163. The standard InChI is InChI=1S/C10H9F2NO/c11-8-4-1-6(5-9(8)12)10(14)13-7-2-3-7/h1,4-5,7H,2-3H2,(H,13,14). The molecule has 1 fully saturated rings. The molecule has 1 N–H and O–H groups in total. The molecule has 14 heavy (non-hydrogen) atoms. The Morgan fingerprint density at radius 3 is 2.57 bits per heavy atom. The number of hydrogen-bond acceptors (Lipinski definition) is 1. The van der Waals surface area contributed by atoms with Gasteiger partial charge in [0.15, 0.2) is 11.6 Å². The third-order valence-electron chi connectivity index (χ3n) is 2.09. The lowest BCUT2D eigenvalue weighted by Crippen LogP contribution is -2.25. The fourth-order valence-corrected chi connectivity index (χ4v) is 1.13. The van der Waals surface area contributed by atoms with Gasteiger partial charge in [0.25, 0.3) is 5.91 Å². The largest absolute Gasteiger partial charge is 0.349 e. The molecule has 0 radical (unpaired) electrons. The van der Waals surface area contributed by atoms with E-state index in [9.17, 15) is 13.6 Å². The quantitative estimate of drug-likeness (QED) is 0.770. The van der Waals surface area contributed by atoms with Crippen LogP contribution in [0.4, 0.5) is 8.78 Å². The fraction of sp³-hybridized carbons (Fsp3) is 0.300. The van der Waals surface area contributed by atoms with Crippen LogP contribution in [-0.2, 0) is 0 Å². The molecule has 2 rings (SSSR count). The highest BCUT2D eigenvalue weighted by molar-refractivity contribution is 5.94. The molecule has 1 amide bonds. The summed E-state index contributed by atoms with van der Waals surface area (Å²) < 4.78 is 25.3. The van der Waals surface area contributed by atoms with E-state index in [4.69, 9.17) is 0 Å². The Hall–Kier alpha value is -1.45. The molecule has 1 aromatic rings. The van der Waals surface area contributed by atoms with Gasteiger partial charge in [0.2, 0.25) is 0 Å². The summed E-state index contributed by atoms with van der Waals surface area (Å²) in [6.07, 6.45) is 1.94. The second-order valence-corrected chi connectivity index (χ2v) is 3.38. The predicted molar refractivity (Wildman–Crippen MR) is 46.8 cm³/mol. The van der Waals surface area contributed by atoms with Crippen LogP contribution in [0.15, 0.2) is 18.2 Å². The summed E-state index contributed by atoms with van der Waals surface area (Å²) in [5, 5.41) is 2.69. The van der Waals surface area contributed by atoms with E-state index < -0.39 is 11.6 Å². The van der Waals surface area contributed by atoms with Crippen LogP contribution in [0, 0.1) is 11.6 Å². The van der Waals surface area contributed by atoms with E-state index in [0.717, 1.165) is 25.0 Å². The van der Waals surface area contributed by atoms with Gasteiger partial charge in [-0.15, -0.1) is 0 Å². The Morgan fingerprint density at radius 1 is 1.29 bits per heavy atom. The molecule has 0 bridgehead atoms. The smallest absolute Gasteiger partial charge is 0.251 e. The Balaban J connectivity index is 2.14. The molecule has 0 aromatic heterocycles. The summed E-state index contributed by atoms with van der Waals surface area (Å²) in [5.74, 6) is -2.27. The lowest BCUT2D eigenvalue weighted by molar-refractivity contribution is 0.0950. The van der Waals surface area contributed by atoms with Crippen molar-refractivity contribution >= 4 is 5.91 Å². The molecule has 0 atom stereocenters. The van der Waals surface area contributed by atoms with Crippen LogP contribution in [0.5, 0.6) is 0 Å². The number of carbonyl (C=O) groups excluding carboxylic acids is 1. The highest BCUT2D eigenvalue weighted by Crippen LogP contribution is 2.19. The lowest BCUT2D eigenvalue weighted by atomic mass is 10.2. The summed E-state index contributed by atoms with van der Waals surface area (Å²) in [7, 11) is 0. The summed E-state index contributed by atoms with van der Waals surface area (Å²) in [4.78, 5) is 11.4. The van der Waals surface area contributed by atoms with Crippen molar-refractivity contribution < 1.29 is 13.6 Å². The van der Waals surface area contributed by atoms with Crippen molar-refractivity contribution in [2.75, 3.05) is 0 Å². The van der Waals surface area contributed by atoms with E-state index in [1.165, 1.54) is 6.07 Å². The van der Waals surface area contributed by atoms with E-state index in [1.54, 1.807) is 0 Å². The van der Waals surface area contributed by atoms with Crippen molar-refractivity contribution in [1.29, 1.82) is 0 Å². The zero-order valence-corrected chi connectivity index (χ0v) is 7.39. The third kappa shape index (κ3) is 1.89. The first kappa shape index (κ1) is 9.12. The summed E-state index contributed by atoms with van der Waals surface area (Å²) >= 11 is 0. The van der Waals surface area contributed by atoms with Gasteiger partial charge < -0.3 is 5.32 Å². The van der Waals surface area contributed by atoms with Crippen molar-refractivity contribution in [1.82, 2.24) is 5.32 Å². The number of nitrogens with one attached hydrogen (secondary N) is 1. The highest BCUT2D eigenvalue weighted by atomic mass is 19.2. The van der Waals surface area contributed by atoms with Crippen LogP contribution >= 0.6 is 0 Å². The number of benzene rings is 1. The van der Waals surface area contributed by atoms with Crippen LogP contribution in [-0.4, -0.2) is 11.9 Å². The van der Waals surface area contributed by atoms with Gasteiger partial charge in [-0.3, -0.25) is 4.79 Å². The monoisotopic (exact) mass is 197 g/mol. The minimum atomic E-state index is -0.992. The van der Waals surface area contributed by atoms with Gasteiger partial charge >= 0.3 is 0 Å². The molecule has 1 aliphatic carbocycles. The zero-order chi connectivity index (χ0) is 10.1. The topological polar surface area (TPSA) is 29.1 Å². The van der Waals surface area contributed by atoms with Gasteiger partial charge in [0, 0.05) is 11.6 Å². The first-order valence-electron chi connectivity index (χ1n) is 4.43. The van der Waals surface area contributed by atoms with Crippen molar-refractivity contribution in [2.45, 2.75) is 18.9 Å². The van der Waals surface area contributed by atoms with Gasteiger partial charge in [-0.1, -0.05) is 0 Å². The van der Waals surface area contributed by atoms with Crippen LogP contribution in [0.25, 0.3) is 0 Å². The average Bonchev–Trinajstić information content (AvgIpc) is 2.93. The Bertz CT molecular complexity index is 374. The zero-order valence-electron chi connectivity index (χ0n) is 7.39. The maximum Gasteiger partial charge on any atom is 0.251 e. The second kappa shape index (κ2) is 3.36. The third-order valence-corrected chi connectivity index (χ3v) is 2.09. The number of halogens is 2. The fourth-order valence-electron chi connectivity index (χ4n) is 1.13. The first-order valence-corrected chi connectivity index (χ1v) is 4.43. The maximum atomic E-state index is 12.7. The van der Waals surface area contributed by atoms with Crippen LogP contribution in [0.2, 0.25) is 0 Å². The molecular formula is C10H9F2NO. The number of rotatable bonds is 2. The van der Waals surface area contributed by atoms with Crippen molar-refractivity contribution in [3.63, 3.8) is 0 Å². The molecule has 0 aliphatic heterocycles. The lowest BCUT2D eigenvalue weighted by Gasteiger charge is -2.02. The molecule has 2 nitrogen and oxygen atoms in total. The van der Waals surface area contributed by atoms with Gasteiger partial charge in [0.05, 0.1) is 0 Å². The van der Waals surface area contributed by atoms with Crippen LogP contribution in [0.1, 0.15) is 23.2 Å². The molecular weight excluding hydrogens is 188 g/mol. The van der Waals surface area contributed by atoms with Crippen molar-refractivity contribution in [3.8, 4) is 0 Å². The maximum absolute atomic E-state index is 12.7. The number of hydrogen-bond donors (Lipinski definition) is 1. The predicted octanol–water partition coefficient (Wildman–Crippen LogP) is 1.86. The van der Waals surface area contributed by atoms with Gasteiger partial charge in [0.1, 0.15) is 0 Å². The van der Waals surface area contributed by atoms with E-state index in [2.05, 4.69) is 5.32 Å². The van der Waals surface area contributed by atoms with Gasteiger partial charge in [-0.05, 0) is 31.0 Å². The van der Waals surface area contributed by atoms with E-state index in [1.807, 2.05) is 0 Å². The van der Waals surface area contributed by atoms with Crippen molar-refractivity contribution in [2.24, 2.45) is 0 Å². The van der Waals surface area contributed by atoms with E-state index >= 15 is 0 Å². The SMILES string of the molecule is O=C(NC1CC1)c1ccc(F)c(F)c1.